The molecule has 1 heterocycles. The lowest BCUT2D eigenvalue weighted by Gasteiger charge is -2.27. The van der Waals surface area contributed by atoms with Crippen molar-refractivity contribution in [2.45, 2.75) is 33.1 Å². The molecular formula is C29H28S. The van der Waals surface area contributed by atoms with Gasteiger partial charge in [-0.3, -0.25) is 0 Å². The van der Waals surface area contributed by atoms with Crippen molar-refractivity contribution in [1.82, 2.24) is 0 Å². The average Bonchev–Trinajstić information content (AvgIpc) is 3.11. The first-order valence-electron chi connectivity index (χ1n) is 10.5. The summed E-state index contributed by atoms with van der Waals surface area (Å²) in [5.41, 5.74) is 7.87. The van der Waals surface area contributed by atoms with Gasteiger partial charge in [0.1, 0.15) is 0 Å². The van der Waals surface area contributed by atoms with Crippen LogP contribution < -0.4 is 0 Å². The number of hydrogen-bond acceptors (Lipinski definition) is 1. The zero-order chi connectivity index (χ0) is 21.3. The van der Waals surface area contributed by atoms with Gasteiger partial charge in [0.15, 0.2) is 0 Å². The molecule has 150 valence electrons. The van der Waals surface area contributed by atoms with Gasteiger partial charge in [0.25, 0.3) is 0 Å². The molecule has 0 fully saturated rings. The van der Waals surface area contributed by atoms with Gasteiger partial charge in [-0.15, -0.1) is 11.3 Å². The minimum absolute atomic E-state index is 0.00854. The van der Waals surface area contributed by atoms with E-state index in [-0.39, 0.29) is 5.41 Å². The summed E-state index contributed by atoms with van der Waals surface area (Å²) in [6.07, 6.45) is 6.29. The maximum Gasteiger partial charge on any atom is 0.0433 e. The fourth-order valence-electron chi connectivity index (χ4n) is 4.30. The predicted molar refractivity (Wildman–Crippen MR) is 136 cm³/mol. The van der Waals surface area contributed by atoms with Crippen molar-refractivity contribution < 1.29 is 0 Å². The first kappa shape index (κ1) is 20.4. The Balaban J connectivity index is 2.07. The lowest BCUT2D eigenvalue weighted by molar-refractivity contribution is 0.594. The Morgan fingerprint density at radius 2 is 1.47 bits per heavy atom. The minimum atomic E-state index is 0.00854. The second kappa shape index (κ2) is 8.08. The van der Waals surface area contributed by atoms with E-state index in [9.17, 15) is 0 Å². The van der Waals surface area contributed by atoms with Gasteiger partial charge in [-0.25, -0.2) is 0 Å². The van der Waals surface area contributed by atoms with Crippen molar-refractivity contribution in [2.75, 3.05) is 0 Å². The van der Waals surface area contributed by atoms with Crippen LogP contribution in [0.1, 0.15) is 43.7 Å². The summed E-state index contributed by atoms with van der Waals surface area (Å²) in [5, 5.41) is 1.30. The Labute approximate surface area is 184 Å². The van der Waals surface area contributed by atoms with Crippen LogP contribution >= 0.6 is 11.3 Å². The van der Waals surface area contributed by atoms with Crippen molar-refractivity contribution in [2.24, 2.45) is 0 Å². The predicted octanol–water partition coefficient (Wildman–Crippen LogP) is 9.21. The summed E-state index contributed by atoms with van der Waals surface area (Å²) in [5.74, 6) is 0. The largest absolute Gasteiger partial charge is 0.135 e. The molecule has 4 aromatic rings. The lowest BCUT2D eigenvalue weighted by atomic mass is 9.77. The van der Waals surface area contributed by atoms with E-state index in [2.05, 4.69) is 113 Å². The third-order valence-electron chi connectivity index (χ3n) is 5.49. The molecule has 0 saturated carbocycles. The van der Waals surface area contributed by atoms with Crippen molar-refractivity contribution in [1.29, 1.82) is 0 Å². The first-order valence-corrected chi connectivity index (χ1v) is 11.3. The molecule has 0 bridgehead atoms. The first-order chi connectivity index (χ1) is 14.5. The smallest absolute Gasteiger partial charge is 0.0433 e. The van der Waals surface area contributed by atoms with Crippen molar-refractivity contribution >= 4 is 33.6 Å². The highest BCUT2D eigenvalue weighted by Crippen LogP contribution is 2.45. The Morgan fingerprint density at radius 1 is 0.800 bits per heavy atom. The highest BCUT2D eigenvalue weighted by molar-refractivity contribution is 7.20. The molecule has 0 aliphatic rings. The lowest BCUT2D eigenvalue weighted by Crippen LogP contribution is -2.14. The molecule has 1 aromatic heterocycles. The Bertz CT molecular complexity index is 1230. The molecule has 0 radical (unpaired) electrons. The molecule has 0 saturated heterocycles. The second-order valence-electron chi connectivity index (χ2n) is 8.61. The van der Waals surface area contributed by atoms with Crippen LogP contribution in [0.5, 0.6) is 0 Å². The number of allylic oxidation sites excluding steroid dienone is 1. The molecule has 0 spiro atoms. The van der Waals surface area contributed by atoms with Gasteiger partial charge in [0, 0.05) is 15.0 Å². The Hall–Kier alpha value is -2.90. The summed E-state index contributed by atoms with van der Waals surface area (Å²) in [4.78, 5) is 1.23. The van der Waals surface area contributed by atoms with Gasteiger partial charge >= 0.3 is 0 Å². The van der Waals surface area contributed by atoms with Crippen LogP contribution in [0.15, 0.2) is 79.4 Å². The number of benzene rings is 3. The molecule has 0 aliphatic carbocycles. The van der Waals surface area contributed by atoms with E-state index in [4.69, 9.17) is 0 Å². The van der Waals surface area contributed by atoms with Crippen LogP contribution in [-0.4, -0.2) is 0 Å². The molecule has 0 aliphatic heterocycles. The van der Waals surface area contributed by atoms with E-state index >= 15 is 0 Å². The molecule has 0 atom stereocenters. The van der Waals surface area contributed by atoms with Crippen LogP contribution in [0.25, 0.3) is 44.5 Å². The fourth-order valence-corrected chi connectivity index (χ4v) is 5.47. The number of rotatable bonds is 4. The fraction of sp³-hybridized carbons (Fsp3) is 0.172. The van der Waals surface area contributed by atoms with Gasteiger partial charge < -0.3 is 0 Å². The Kier molecular flexibility index (Phi) is 5.49. The van der Waals surface area contributed by atoms with Crippen LogP contribution in [0.4, 0.5) is 0 Å². The molecule has 30 heavy (non-hydrogen) atoms. The zero-order valence-corrected chi connectivity index (χ0v) is 19.0. The van der Waals surface area contributed by atoms with Gasteiger partial charge in [-0.2, -0.15) is 0 Å². The van der Waals surface area contributed by atoms with Gasteiger partial charge in [0.2, 0.25) is 0 Å². The van der Waals surface area contributed by atoms with Crippen molar-refractivity contribution in [3.8, 4) is 22.3 Å². The normalized spacial score (nSPS) is 12.0. The van der Waals surface area contributed by atoms with E-state index in [0.717, 1.165) is 0 Å². The van der Waals surface area contributed by atoms with Crippen molar-refractivity contribution in [3.63, 3.8) is 0 Å². The summed E-state index contributed by atoms with van der Waals surface area (Å²) in [6, 6.07) is 24.2. The summed E-state index contributed by atoms with van der Waals surface area (Å²) in [7, 11) is 0. The molecule has 0 unspecified atom stereocenters. The topological polar surface area (TPSA) is 0 Å². The third kappa shape index (κ3) is 3.55. The molecule has 3 aromatic carbocycles. The van der Waals surface area contributed by atoms with Crippen molar-refractivity contribution in [3.05, 3.63) is 95.4 Å². The zero-order valence-electron chi connectivity index (χ0n) is 18.2. The molecule has 0 amide bonds. The molecule has 0 N–H and O–H groups in total. The van der Waals surface area contributed by atoms with Gasteiger partial charge in [-0.05, 0) is 45.7 Å². The third-order valence-corrected chi connectivity index (χ3v) is 6.74. The quantitative estimate of drug-likeness (QED) is 0.316. The maximum atomic E-state index is 4.06. The van der Waals surface area contributed by atoms with Crippen LogP contribution in [0, 0.1) is 0 Å². The maximum absolute atomic E-state index is 4.06. The van der Waals surface area contributed by atoms with Crippen LogP contribution in [0.2, 0.25) is 0 Å². The van der Waals surface area contributed by atoms with Gasteiger partial charge in [-0.1, -0.05) is 112 Å². The van der Waals surface area contributed by atoms with E-state index in [0.29, 0.717) is 0 Å². The standard InChI is InChI=1S/C29H28S/c1-6-13-22-24-18-12-19-25(28(24)30-26(22)7-2)23-17-11-16-21(27(23)29(3,4)5)20-14-9-8-10-15-20/h6-19H,2H2,1,3-5H3/b13-6-. The molecule has 1 heteroatoms. The van der Waals surface area contributed by atoms with Crippen LogP contribution in [0.3, 0.4) is 0 Å². The summed E-state index contributed by atoms with van der Waals surface area (Å²) in [6.45, 7) is 13.1. The summed E-state index contributed by atoms with van der Waals surface area (Å²) >= 11 is 1.84. The number of fused-ring (bicyclic) bond motifs is 1. The monoisotopic (exact) mass is 408 g/mol. The molecule has 4 rings (SSSR count). The summed E-state index contributed by atoms with van der Waals surface area (Å²) < 4.78 is 1.33. The highest BCUT2D eigenvalue weighted by Gasteiger charge is 2.24. The molecular weight excluding hydrogens is 380 g/mol. The second-order valence-corrected chi connectivity index (χ2v) is 9.66. The van der Waals surface area contributed by atoms with E-state index < -0.39 is 0 Å². The Morgan fingerprint density at radius 3 is 2.13 bits per heavy atom. The van der Waals surface area contributed by atoms with Gasteiger partial charge in [0.05, 0.1) is 0 Å². The minimum Gasteiger partial charge on any atom is -0.135 e. The number of thiophene rings is 1. The average molecular weight is 409 g/mol. The molecule has 0 nitrogen and oxygen atoms in total. The van der Waals surface area contributed by atoms with E-state index in [1.54, 1.807) is 0 Å². The van der Waals surface area contributed by atoms with Crippen LogP contribution in [-0.2, 0) is 5.41 Å². The number of hydrogen-bond donors (Lipinski definition) is 0. The van der Waals surface area contributed by atoms with E-state index in [1.165, 1.54) is 48.3 Å². The highest BCUT2D eigenvalue weighted by atomic mass is 32.1. The SMILES string of the molecule is C=Cc1sc2c(-c3cccc(-c4ccccc4)c3C(C)(C)C)cccc2c1/C=C\C. The van der Waals surface area contributed by atoms with E-state index in [1.807, 2.05) is 17.4 Å².